The largest absolute Gasteiger partial charge is 0.330 e. The predicted molar refractivity (Wildman–Crippen MR) is 152 cm³/mol. The van der Waals surface area contributed by atoms with Crippen molar-refractivity contribution in [1.29, 1.82) is 0 Å². The third-order valence-corrected chi connectivity index (χ3v) is 8.87. The lowest BCUT2D eigenvalue weighted by Crippen LogP contribution is -2.04. The molecule has 0 fully saturated rings. The second-order valence-corrected chi connectivity index (χ2v) is 12.6. The van der Waals surface area contributed by atoms with Crippen LogP contribution in [0.3, 0.4) is 0 Å². The van der Waals surface area contributed by atoms with E-state index in [0.717, 1.165) is 25.7 Å². The maximum Gasteiger partial charge on any atom is 0.330 e. The Hall–Kier alpha value is 0.150. The Morgan fingerprint density at radius 3 is 0.971 bits per heavy atom. The van der Waals surface area contributed by atoms with Crippen molar-refractivity contribution >= 4 is 7.60 Å². The summed E-state index contributed by atoms with van der Waals surface area (Å²) in [5, 5.41) is 0. The van der Waals surface area contributed by atoms with Gasteiger partial charge in [-0.3, -0.25) is 4.57 Å². The molecule has 0 aliphatic carbocycles. The first-order chi connectivity index (χ1) is 16.7. The number of hydrogen-bond acceptors (Lipinski definition) is 3. The topological polar surface area (TPSA) is 35.5 Å². The molecule has 0 aromatic heterocycles. The molecule has 206 valence electrons. The molecule has 0 aromatic carbocycles. The zero-order valence-electron chi connectivity index (χ0n) is 23.8. The van der Waals surface area contributed by atoms with E-state index in [1.54, 1.807) is 0 Å². The van der Waals surface area contributed by atoms with Crippen molar-refractivity contribution < 1.29 is 13.6 Å². The first-order valence-corrected chi connectivity index (χ1v) is 17.3. The van der Waals surface area contributed by atoms with E-state index in [9.17, 15) is 4.57 Å². The molecule has 4 heteroatoms. The van der Waals surface area contributed by atoms with Gasteiger partial charge in [-0.1, -0.05) is 156 Å². The van der Waals surface area contributed by atoms with Crippen molar-refractivity contribution in [3.05, 3.63) is 0 Å². The van der Waals surface area contributed by atoms with Crippen molar-refractivity contribution in [2.24, 2.45) is 0 Å². The number of rotatable bonds is 29. The van der Waals surface area contributed by atoms with E-state index in [1.807, 2.05) is 0 Å². The van der Waals surface area contributed by atoms with E-state index < -0.39 is 7.60 Å². The molecular weight excluding hydrogens is 439 g/mol. The average molecular weight is 503 g/mol. The zero-order chi connectivity index (χ0) is 25.0. The van der Waals surface area contributed by atoms with Crippen LogP contribution in [0.5, 0.6) is 0 Å². The van der Waals surface area contributed by atoms with Gasteiger partial charge in [0.25, 0.3) is 0 Å². The highest BCUT2D eigenvalue weighted by Crippen LogP contribution is 2.49. The molecule has 0 bridgehead atoms. The summed E-state index contributed by atoms with van der Waals surface area (Å²) in [7, 11) is -2.93. The van der Waals surface area contributed by atoms with Crippen molar-refractivity contribution in [2.75, 3.05) is 19.4 Å². The molecule has 34 heavy (non-hydrogen) atoms. The standard InChI is InChI=1S/C30H63O3P/c1-4-7-10-13-16-19-22-25-28-32-34(31,30-27-24-21-18-15-12-9-6-3)33-29-26-23-20-17-14-11-8-5-2/h4-30H2,1-3H3. The van der Waals surface area contributed by atoms with Crippen LogP contribution >= 0.6 is 7.60 Å². The van der Waals surface area contributed by atoms with Gasteiger partial charge in [-0.2, -0.15) is 0 Å². The van der Waals surface area contributed by atoms with Crippen LogP contribution in [-0.2, 0) is 13.6 Å². The van der Waals surface area contributed by atoms with Gasteiger partial charge in [0.1, 0.15) is 0 Å². The van der Waals surface area contributed by atoms with Gasteiger partial charge in [0.2, 0.25) is 0 Å². The molecule has 0 radical (unpaired) electrons. The molecule has 0 N–H and O–H groups in total. The Morgan fingerprint density at radius 2 is 0.647 bits per heavy atom. The summed E-state index contributed by atoms with van der Waals surface area (Å²) in [4.78, 5) is 0. The third kappa shape index (κ3) is 25.2. The molecule has 0 heterocycles. The van der Waals surface area contributed by atoms with Gasteiger partial charge in [0, 0.05) is 0 Å². The highest BCUT2D eigenvalue weighted by molar-refractivity contribution is 7.53. The van der Waals surface area contributed by atoms with E-state index in [-0.39, 0.29) is 0 Å². The van der Waals surface area contributed by atoms with Gasteiger partial charge >= 0.3 is 7.60 Å². The molecule has 0 unspecified atom stereocenters. The van der Waals surface area contributed by atoms with Crippen molar-refractivity contribution in [1.82, 2.24) is 0 Å². The fraction of sp³-hybridized carbons (Fsp3) is 1.00. The Morgan fingerprint density at radius 1 is 0.382 bits per heavy atom. The quantitative estimate of drug-likeness (QED) is 0.0753. The van der Waals surface area contributed by atoms with Crippen LogP contribution in [0.15, 0.2) is 0 Å². The predicted octanol–water partition coefficient (Wildman–Crippen LogP) is 11.6. The van der Waals surface area contributed by atoms with Gasteiger partial charge in [-0.25, -0.2) is 0 Å². The molecule has 0 aromatic rings. The van der Waals surface area contributed by atoms with E-state index >= 15 is 0 Å². The minimum atomic E-state index is -2.93. The van der Waals surface area contributed by atoms with Crippen LogP contribution in [-0.4, -0.2) is 19.4 Å². The molecule has 3 nitrogen and oxygen atoms in total. The SMILES string of the molecule is CCCCCCCCCCOP(=O)(CCCCCCCCCC)OCCCCCCCCCC. The van der Waals surface area contributed by atoms with Gasteiger partial charge in [0.05, 0.1) is 19.4 Å². The Balaban J connectivity index is 4.06. The maximum absolute atomic E-state index is 13.4. The summed E-state index contributed by atoms with van der Waals surface area (Å²) in [5.74, 6) is 0. The van der Waals surface area contributed by atoms with Gasteiger partial charge in [-0.05, 0) is 19.3 Å². The second-order valence-electron chi connectivity index (χ2n) is 10.4. The fourth-order valence-corrected chi connectivity index (χ4v) is 6.24. The van der Waals surface area contributed by atoms with Crippen LogP contribution in [0.4, 0.5) is 0 Å². The molecule has 0 saturated heterocycles. The van der Waals surface area contributed by atoms with Gasteiger partial charge in [-0.15, -0.1) is 0 Å². The van der Waals surface area contributed by atoms with E-state index in [2.05, 4.69) is 20.8 Å². The Bertz CT molecular complexity index is 401. The first-order valence-electron chi connectivity index (χ1n) is 15.6. The molecular formula is C30H63O3P. The summed E-state index contributed by atoms with van der Waals surface area (Å²) in [5.41, 5.74) is 0. The van der Waals surface area contributed by atoms with Crippen LogP contribution < -0.4 is 0 Å². The highest BCUT2D eigenvalue weighted by Gasteiger charge is 2.23. The van der Waals surface area contributed by atoms with Gasteiger partial charge < -0.3 is 9.05 Å². The van der Waals surface area contributed by atoms with Crippen LogP contribution in [0.1, 0.15) is 175 Å². The van der Waals surface area contributed by atoms with Crippen molar-refractivity contribution in [3.63, 3.8) is 0 Å². The molecule has 0 spiro atoms. The second kappa shape index (κ2) is 27.7. The first kappa shape index (κ1) is 34.1. The zero-order valence-corrected chi connectivity index (χ0v) is 24.7. The van der Waals surface area contributed by atoms with Crippen LogP contribution in [0, 0.1) is 0 Å². The number of unbranched alkanes of at least 4 members (excludes halogenated alkanes) is 21. The lowest BCUT2D eigenvalue weighted by molar-refractivity contribution is 0.197. The molecule has 0 rings (SSSR count). The summed E-state index contributed by atoms with van der Waals surface area (Å²) >= 11 is 0. The highest BCUT2D eigenvalue weighted by atomic mass is 31.2. The molecule has 0 amide bonds. The minimum absolute atomic E-state index is 0.598. The van der Waals surface area contributed by atoms with Crippen LogP contribution in [0.2, 0.25) is 0 Å². The summed E-state index contributed by atoms with van der Waals surface area (Å²) in [6.45, 7) is 7.99. The average Bonchev–Trinajstić information content (AvgIpc) is 2.84. The summed E-state index contributed by atoms with van der Waals surface area (Å²) in [6, 6.07) is 0. The molecule has 0 saturated carbocycles. The Labute approximate surface area is 215 Å². The normalized spacial score (nSPS) is 12.0. The number of hydrogen-bond donors (Lipinski definition) is 0. The van der Waals surface area contributed by atoms with E-state index in [1.165, 1.54) is 128 Å². The van der Waals surface area contributed by atoms with E-state index in [4.69, 9.17) is 9.05 Å². The third-order valence-electron chi connectivity index (χ3n) is 6.86. The smallest absolute Gasteiger partial charge is 0.309 e. The lowest BCUT2D eigenvalue weighted by Gasteiger charge is -2.19. The lowest BCUT2D eigenvalue weighted by atomic mass is 10.1. The molecule has 0 aliphatic rings. The van der Waals surface area contributed by atoms with E-state index in [0.29, 0.717) is 19.4 Å². The molecule has 0 aliphatic heterocycles. The summed E-state index contributed by atoms with van der Waals surface area (Å²) in [6.07, 6.45) is 31.0. The monoisotopic (exact) mass is 502 g/mol. The minimum Gasteiger partial charge on any atom is -0.309 e. The molecule has 0 atom stereocenters. The van der Waals surface area contributed by atoms with Crippen molar-refractivity contribution in [2.45, 2.75) is 175 Å². The summed E-state index contributed by atoms with van der Waals surface area (Å²) < 4.78 is 25.2. The van der Waals surface area contributed by atoms with Crippen molar-refractivity contribution in [3.8, 4) is 0 Å². The Kier molecular flexibility index (Phi) is 27.9. The van der Waals surface area contributed by atoms with Crippen LogP contribution in [0.25, 0.3) is 0 Å². The maximum atomic E-state index is 13.4. The van der Waals surface area contributed by atoms with Gasteiger partial charge in [0.15, 0.2) is 0 Å². The fourth-order valence-electron chi connectivity index (χ4n) is 4.48.